The molecule has 0 aliphatic heterocycles. The van der Waals surface area contributed by atoms with Crippen molar-refractivity contribution in [3.05, 3.63) is 28.2 Å². The van der Waals surface area contributed by atoms with Crippen molar-refractivity contribution >= 4 is 21.9 Å². The van der Waals surface area contributed by atoms with E-state index >= 15 is 0 Å². The zero-order valence-corrected chi connectivity index (χ0v) is 11.6. The van der Waals surface area contributed by atoms with Gasteiger partial charge in [-0.05, 0) is 34.1 Å². The number of rotatable bonds is 8. The van der Waals surface area contributed by atoms with E-state index in [1.807, 2.05) is 0 Å². The largest absolute Gasteiger partial charge is 0.491 e. The van der Waals surface area contributed by atoms with Crippen LogP contribution in [0.15, 0.2) is 22.7 Å². The van der Waals surface area contributed by atoms with Crippen LogP contribution in [-0.4, -0.2) is 44.6 Å². The van der Waals surface area contributed by atoms with Crippen molar-refractivity contribution in [2.24, 2.45) is 0 Å². The fourth-order valence-corrected chi connectivity index (χ4v) is 1.75. The highest BCUT2D eigenvalue weighted by atomic mass is 79.9. The van der Waals surface area contributed by atoms with Crippen LogP contribution < -0.4 is 4.74 Å². The molecular formula is C12H15BrO5. The molecule has 0 unspecified atom stereocenters. The lowest BCUT2D eigenvalue weighted by Crippen LogP contribution is -2.10. The second-order valence-corrected chi connectivity index (χ2v) is 4.25. The molecule has 0 heterocycles. The van der Waals surface area contributed by atoms with Crippen molar-refractivity contribution in [3.63, 3.8) is 0 Å². The van der Waals surface area contributed by atoms with Gasteiger partial charge in [0.05, 0.1) is 25.4 Å². The number of halogens is 1. The van der Waals surface area contributed by atoms with Crippen LogP contribution in [0.4, 0.5) is 0 Å². The van der Waals surface area contributed by atoms with Crippen molar-refractivity contribution in [1.82, 2.24) is 0 Å². The highest BCUT2D eigenvalue weighted by Crippen LogP contribution is 2.23. The predicted octanol–water partition coefficient (Wildman–Crippen LogP) is 2.19. The molecule has 100 valence electrons. The van der Waals surface area contributed by atoms with Crippen LogP contribution >= 0.6 is 15.9 Å². The quantitative estimate of drug-likeness (QED) is 0.744. The number of hydrogen-bond acceptors (Lipinski definition) is 4. The molecule has 0 aromatic heterocycles. The Balaban J connectivity index is 2.35. The minimum atomic E-state index is -0.976. The first kappa shape index (κ1) is 14.9. The topological polar surface area (TPSA) is 65.0 Å². The predicted molar refractivity (Wildman–Crippen MR) is 69.3 cm³/mol. The first-order chi connectivity index (χ1) is 8.65. The van der Waals surface area contributed by atoms with Crippen LogP contribution in [-0.2, 0) is 9.47 Å². The van der Waals surface area contributed by atoms with E-state index in [0.717, 1.165) is 0 Å². The summed E-state index contributed by atoms with van der Waals surface area (Å²) < 4.78 is 16.0. The van der Waals surface area contributed by atoms with E-state index in [9.17, 15) is 4.79 Å². The Morgan fingerprint density at radius 3 is 2.61 bits per heavy atom. The monoisotopic (exact) mass is 318 g/mol. The Labute approximate surface area is 114 Å². The van der Waals surface area contributed by atoms with Gasteiger partial charge in [0.1, 0.15) is 12.4 Å². The summed E-state index contributed by atoms with van der Waals surface area (Å²) in [4.78, 5) is 10.8. The van der Waals surface area contributed by atoms with E-state index in [2.05, 4.69) is 15.9 Å². The fraction of sp³-hybridized carbons (Fsp3) is 0.417. The van der Waals surface area contributed by atoms with Crippen LogP contribution in [0, 0.1) is 0 Å². The third kappa shape index (κ3) is 5.03. The Morgan fingerprint density at radius 1 is 1.28 bits per heavy atom. The molecule has 1 rings (SSSR count). The van der Waals surface area contributed by atoms with E-state index < -0.39 is 5.97 Å². The number of benzene rings is 1. The van der Waals surface area contributed by atoms with Crippen LogP contribution in [0.2, 0.25) is 0 Å². The molecule has 0 spiro atoms. The Hall–Kier alpha value is -1.11. The summed E-state index contributed by atoms with van der Waals surface area (Å²) in [7, 11) is 1.61. The van der Waals surface area contributed by atoms with Crippen molar-refractivity contribution < 1.29 is 24.1 Å². The molecule has 18 heavy (non-hydrogen) atoms. The number of carbonyl (C=O) groups is 1. The van der Waals surface area contributed by atoms with Gasteiger partial charge in [0.15, 0.2) is 0 Å². The minimum absolute atomic E-state index is 0.207. The summed E-state index contributed by atoms with van der Waals surface area (Å²) in [6, 6.07) is 4.73. The molecule has 5 nitrogen and oxygen atoms in total. The number of hydrogen-bond donors (Lipinski definition) is 1. The number of methoxy groups -OCH3 is 1. The van der Waals surface area contributed by atoms with E-state index in [0.29, 0.717) is 36.6 Å². The molecule has 0 fully saturated rings. The van der Waals surface area contributed by atoms with Crippen LogP contribution in [0.25, 0.3) is 0 Å². The van der Waals surface area contributed by atoms with Crippen LogP contribution in [0.5, 0.6) is 5.75 Å². The van der Waals surface area contributed by atoms with Gasteiger partial charge in [-0.25, -0.2) is 4.79 Å². The normalized spacial score (nSPS) is 10.3. The zero-order chi connectivity index (χ0) is 13.4. The average Bonchev–Trinajstić information content (AvgIpc) is 2.33. The maximum atomic E-state index is 10.8. The molecule has 6 heteroatoms. The molecule has 1 N–H and O–H groups in total. The molecule has 1 aromatic rings. The summed E-state index contributed by atoms with van der Waals surface area (Å²) in [5, 5.41) is 8.85. The molecule has 0 aliphatic carbocycles. The third-order valence-corrected chi connectivity index (χ3v) is 2.76. The van der Waals surface area contributed by atoms with Gasteiger partial charge in [-0.3, -0.25) is 0 Å². The van der Waals surface area contributed by atoms with E-state index in [4.69, 9.17) is 19.3 Å². The summed E-state index contributed by atoms with van der Waals surface area (Å²) >= 11 is 3.18. The smallest absolute Gasteiger partial charge is 0.336 e. The SMILES string of the molecule is COCCOCCOc1ccc(C(=O)O)c(Br)c1. The number of ether oxygens (including phenoxy) is 3. The molecule has 0 aliphatic rings. The van der Waals surface area contributed by atoms with Crippen molar-refractivity contribution in [3.8, 4) is 5.75 Å². The molecule has 0 radical (unpaired) electrons. The van der Waals surface area contributed by atoms with Gasteiger partial charge in [0.2, 0.25) is 0 Å². The highest BCUT2D eigenvalue weighted by molar-refractivity contribution is 9.10. The second-order valence-electron chi connectivity index (χ2n) is 3.40. The van der Waals surface area contributed by atoms with Crippen molar-refractivity contribution in [2.45, 2.75) is 0 Å². The van der Waals surface area contributed by atoms with Crippen molar-refractivity contribution in [2.75, 3.05) is 33.5 Å². The lowest BCUT2D eigenvalue weighted by Gasteiger charge is -2.08. The average molecular weight is 319 g/mol. The van der Waals surface area contributed by atoms with Crippen molar-refractivity contribution in [1.29, 1.82) is 0 Å². The van der Waals surface area contributed by atoms with Gasteiger partial charge in [-0.1, -0.05) is 0 Å². The number of aromatic carboxylic acids is 1. The first-order valence-corrected chi connectivity index (χ1v) is 6.16. The van der Waals surface area contributed by atoms with Gasteiger partial charge < -0.3 is 19.3 Å². The summed E-state index contributed by atoms with van der Waals surface area (Å²) in [6.45, 7) is 1.95. The highest BCUT2D eigenvalue weighted by Gasteiger charge is 2.08. The maximum Gasteiger partial charge on any atom is 0.336 e. The van der Waals surface area contributed by atoms with Gasteiger partial charge in [0.25, 0.3) is 0 Å². The van der Waals surface area contributed by atoms with E-state index in [-0.39, 0.29) is 5.56 Å². The van der Waals surface area contributed by atoms with E-state index in [1.165, 1.54) is 6.07 Å². The molecule has 0 amide bonds. The Kier molecular flexibility index (Phi) is 6.70. The molecular weight excluding hydrogens is 304 g/mol. The van der Waals surface area contributed by atoms with Crippen LogP contribution in [0.1, 0.15) is 10.4 Å². The lowest BCUT2D eigenvalue weighted by molar-refractivity contribution is 0.0544. The first-order valence-electron chi connectivity index (χ1n) is 5.37. The molecule has 0 bridgehead atoms. The number of carboxylic acids is 1. The van der Waals surface area contributed by atoms with E-state index in [1.54, 1.807) is 19.2 Å². The lowest BCUT2D eigenvalue weighted by atomic mass is 10.2. The van der Waals surface area contributed by atoms with Gasteiger partial charge in [0, 0.05) is 11.6 Å². The summed E-state index contributed by atoms with van der Waals surface area (Å²) in [6.07, 6.45) is 0. The second kappa shape index (κ2) is 8.07. The zero-order valence-electron chi connectivity index (χ0n) is 10.0. The summed E-state index contributed by atoms with van der Waals surface area (Å²) in [5.74, 6) is -0.376. The maximum absolute atomic E-state index is 10.8. The Morgan fingerprint density at radius 2 is 2.00 bits per heavy atom. The third-order valence-electron chi connectivity index (χ3n) is 2.10. The Bertz CT molecular complexity index is 394. The molecule has 1 aromatic carbocycles. The fourth-order valence-electron chi connectivity index (χ4n) is 1.22. The molecule has 0 saturated carbocycles. The molecule has 0 atom stereocenters. The minimum Gasteiger partial charge on any atom is -0.491 e. The van der Waals surface area contributed by atoms with Gasteiger partial charge in [-0.2, -0.15) is 0 Å². The van der Waals surface area contributed by atoms with Gasteiger partial charge >= 0.3 is 5.97 Å². The molecule has 0 saturated heterocycles. The van der Waals surface area contributed by atoms with Gasteiger partial charge in [-0.15, -0.1) is 0 Å². The standard InChI is InChI=1S/C12H15BrO5/c1-16-4-5-17-6-7-18-9-2-3-10(12(14)15)11(13)8-9/h2-3,8H,4-7H2,1H3,(H,14,15). The number of carboxylic acid groups (broad SMARTS) is 1. The summed E-state index contributed by atoms with van der Waals surface area (Å²) in [5.41, 5.74) is 0.207. The van der Waals surface area contributed by atoms with Crippen LogP contribution in [0.3, 0.4) is 0 Å².